The second-order valence-corrected chi connectivity index (χ2v) is 7.50. The van der Waals surface area contributed by atoms with Crippen molar-refractivity contribution < 1.29 is 19.1 Å². The maximum Gasteiger partial charge on any atom is 0.338 e. The van der Waals surface area contributed by atoms with Crippen LogP contribution in [0, 0.1) is 0 Å². The van der Waals surface area contributed by atoms with Crippen molar-refractivity contribution in [3.05, 3.63) is 59.2 Å². The van der Waals surface area contributed by atoms with Gasteiger partial charge < -0.3 is 20.1 Å². The third-order valence-electron chi connectivity index (χ3n) is 5.35. The minimum absolute atomic E-state index is 0.327. The van der Waals surface area contributed by atoms with Crippen LogP contribution in [-0.2, 0) is 16.0 Å². The molecule has 0 heterocycles. The van der Waals surface area contributed by atoms with Gasteiger partial charge in [0.15, 0.2) is 0 Å². The summed E-state index contributed by atoms with van der Waals surface area (Å²) in [5, 5.41) is 7.07. The molecule has 0 aliphatic heterocycles. The van der Waals surface area contributed by atoms with E-state index in [0.717, 1.165) is 29.8 Å². The zero-order chi connectivity index (χ0) is 21.3. The van der Waals surface area contributed by atoms with Crippen molar-refractivity contribution in [3.8, 4) is 0 Å². The van der Waals surface area contributed by atoms with Gasteiger partial charge in [0.05, 0.1) is 36.2 Å². The van der Waals surface area contributed by atoms with Crippen LogP contribution in [0.5, 0.6) is 0 Å². The smallest absolute Gasteiger partial charge is 0.338 e. The molecule has 2 N–H and O–H groups in total. The first-order valence-corrected chi connectivity index (χ1v) is 10.6. The number of anilines is 2. The van der Waals surface area contributed by atoms with Crippen LogP contribution in [0.1, 0.15) is 65.3 Å². The molecule has 2 aromatic rings. The van der Waals surface area contributed by atoms with Crippen molar-refractivity contribution in [1.82, 2.24) is 0 Å². The monoisotopic (exact) mass is 410 g/mol. The van der Waals surface area contributed by atoms with E-state index in [4.69, 9.17) is 9.47 Å². The lowest BCUT2D eigenvalue weighted by molar-refractivity contribution is 0.0525. The van der Waals surface area contributed by atoms with Crippen LogP contribution in [0.4, 0.5) is 11.4 Å². The summed E-state index contributed by atoms with van der Waals surface area (Å²) in [4.78, 5) is 23.8. The molecule has 160 valence electrons. The molecule has 6 heteroatoms. The molecule has 2 aromatic carbocycles. The van der Waals surface area contributed by atoms with Crippen LogP contribution in [0.15, 0.2) is 42.5 Å². The molecule has 0 spiro atoms. The minimum atomic E-state index is -0.351. The molecular weight excluding hydrogens is 380 g/mol. The van der Waals surface area contributed by atoms with E-state index in [-0.39, 0.29) is 11.9 Å². The summed E-state index contributed by atoms with van der Waals surface area (Å²) in [6.45, 7) is 2.71. The van der Waals surface area contributed by atoms with Crippen LogP contribution in [0.3, 0.4) is 0 Å². The molecule has 0 radical (unpaired) electrons. The number of hydrogen-bond acceptors (Lipinski definition) is 6. The van der Waals surface area contributed by atoms with Gasteiger partial charge in [-0.05, 0) is 55.7 Å². The van der Waals surface area contributed by atoms with Gasteiger partial charge in [0.25, 0.3) is 0 Å². The quantitative estimate of drug-likeness (QED) is 0.596. The van der Waals surface area contributed by atoms with Gasteiger partial charge in [0.2, 0.25) is 0 Å². The lowest BCUT2D eigenvalue weighted by Gasteiger charge is -2.25. The topological polar surface area (TPSA) is 76.7 Å². The summed E-state index contributed by atoms with van der Waals surface area (Å²) in [5.74, 6) is -0.678. The highest BCUT2D eigenvalue weighted by molar-refractivity contribution is 5.92. The van der Waals surface area contributed by atoms with Crippen molar-refractivity contribution in [2.24, 2.45) is 0 Å². The molecule has 3 rings (SSSR count). The molecule has 0 unspecified atom stereocenters. The van der Waals surface area contributed by atoms with E-state index in [1.165, 1.54) is 26.4 Å². The number of methoxy groups -OCH3 is 1. The van der Waals surface area contributed by atoms with Crippen LogP contribution in [0.2, 0.25) is 0 Å². The zero-order valence-electron chi connectivity index (χ0n) is 17.7. The molecule has 0 amide bonds. The Balaban J connectivity index is 1.75. The maximum absolute atomic E-state index is 12.2. The fourth-order valence-corrected chi connectivity index (χ4v) is 3.70. The summed E-state index contributed by atoms with van der Waals surface area (Å²) in [6.07, 6.45) is 6.11. The Morgan fingerprint density at radius 2 is 1.63 bits per heavy atom. The first kappa shape index (κ1) is 21.7. The molecular formula is C24H30N2O4. The van der Waals surface area contributed by atoms with Gasteiger partial charge in [-0.2, -0.15) is 0 Å². The first-order valence-electron chi connectivity index (χ1n) is 10.6. The second kappa shape index (κ2) is 10.7. The number of rotatable bonds is 8. The lowest BCUT2D eigenvalue weighted by atomic mass is 9.95. The number of nitrogens with one attached hydrogen (secondary N) is 2. The second-order valence-electron chi connectivity index (χ2n) is 7.50. The molecule has 30 heavy (non-hydrogen) atoms. The largest absolute Gasteiger partial charge is 0.465 e. The molecule has 0 atom stereocenters. The molecule has 1 saturated carbocycles. The van der Waals surface area contributed by atoms with Crippen molar-refractivity contribution in [1.29, 1.82) is 0 Å². The fourth-order valence-electron chi connectivity index (χ4n) is 3.70. The average molecular weight is 411 g/mol. The highest BCUT2D eigenvalue weighted by Gasteiger charge is 2.16. The number of hydrogen-bond donors (Lipinski definition) is 2. The molecule has 1 aliphatic rings. The highest BCUT2D eigenvalue weighted by atomic mass is 16.5. The Bertz CT molecular complexity index is 858. The van der Waals surface area contributed by atoms with Crippen LogP contribution < -0.4 is 10.6 Å². The first-order chi connectivity index (χ1) is 14.6. The third kappa shape index (κ3) is 5.75. The van der Waals surface area contributed by atoms with Gasteiger partial charge >= 0.3 is 11.9 Å². The van der Waals surface area contributed by atoms with E-state index < -0.39 is 0 Å². The number of benzene rings is 2. The van der Waals surface area contributed by atoms with Crippen molar-refractivity contribution in [3.63, 3.8) is 0 Å². The standard InChI is InChI=1S/C24H30N2O4/c1-3-30-24(28)19-13-14-21(26-20-7-5-4-6-8-20)22(15-19)25-16-17-9-11-18(12-10-17)23(27)29-2/h9-15,20,25-26H,3-8,16H2,1-2H3. The van der Waals surface area contributed by atoms with E-state index >= 15 is 0 Å². The Morgan fingerprint density at radius 1 is 0.933 bits per heavy atom. The van der Waals surface area contributed by atoms with Gasteiger partial charge in [-0.25, -0.2) is 9.59 Å². The molecule has 1 fully saturated rings. The van der Waals surface area contributed by atoms with Crippen LogP contribution in [-0.4, -0.2) is 31.7 Å². The summed E-state index contributed by atoms with van der Waals surface area (Å²) >= 11 is 0. The van der Waals surface area contributed by atoms with E-state index in [2.05, 4.69) is 10.6 Å². The predicted octanol–water partition coefficient (Wildman–Crippen LogP) is 5.01. The zero-order valence-corrected chi connectivity index (χ0v) is 17.7. The number of carbonyl (C=O) groups excluding carboxylic acids is 2. The van der Waals surface area contributed by atoms with Crippen molar-refractivity contribution in [2.75, 3.05) is 24.4 Å². The van der Waals surface area contributed by atoms with Crippen molar-refractivity contribution in [2.45, 2.75) is 51.6 Å². The van der Waals surface area contributed by atoms with Gasteiger partial charge in [-0.1, -0.05) is 31.4 Å². The van der Waals surface area contributed by atoms with E-state index in [9.17, 15) is 9.59 Å². The molecule has 0 aromatic heterocycles. The summed E-state index contributed by atoms with van der Waals surface area (Å²) in [7, 11) is 1.37. The summed E-state index contributed by atoms with van der Waals surface area (Å²) in [5.41, 5.74) is 3.91. The van der Waals surface area contributed by atoms with Crippen LogP contribution >= 0.6 is 0 Å². The normalized spacial score (nSPS) is 14.1. The minimum Gasteiger partial charge on any atom is -0.465 e. The number of carbonyl (C=O) groups is 2. The van der Waals surface area contributed by atoms with E-state index in [1.807, 2.05) is 24.3 Å². The molecule has 6 nitrogen and oxygen atoms in total. The van der Waals surface area contributed by atoms with Gasteiger partial charge in [0.1, 0.15) is 0 Å². The van der Waals surface area contributed by atoms with Gasteiger partial charge in [-0.15, -0.1) is 0 Å². The third-order valence-corrected chi connectivity index (χ3v) is 5.35. The fraction of sp³-hybridized carbons (Fsp3) is 0.417. The molecule has 0 saturated heterocycles. The van der Waals surface area contributed by atoms with Gasteiger partial charge in [-0.3, -0.25) is 0 Å². The lowest BCUT2D eigenvalue weighted by Crippen LogP contribution is -2.23. The Morgan fingerprint density at radius 3 is 2.30 bits per heavy atom. The highest BCUT2D eigenvalue weighted by Crippen LogP contribution is 2.29. The molecule has 0 bridgehead atoms. The Hall–Kier alpha value is -3.02. The summed E-state index contributed by atoms with van der Waals surface area (Å²) in [6, 6.07) is 13.3. The Labute approximate surface area is 178 Å². The van der Waals surface area contributed by atoms with E-state index in [0.29, 0.717) is 30.3 Å². The Kier molecular flexibility index (Phi) is 7.71. The summed E-state index contributed by atoms with van der Waals surface area (Å²) < 4.78 is 9.89. The van der Waals surface area contributed by atoms with Crippen LogP contribution in [0.25, 0.3) is 0 Å². The average Bonchev–Trinajstić information content (AvgIpc) is 2.79. The van der Waals surface area contributed by atoms with Gasteiger partial charge in [0, 0.05) is 12.6 Å². The number of ether oxygens (including phenoxy) is 2. The van der Waals surface area contributed by atoms with Crippen molar-refractivity contribution >= 4 is 23.3 Å². The SMILES string of the molecule is CCOC(=O)c1ccc(NC2CCCCC2)c(NCc2ccc(C(=O)OC)cc2)c1. The molecule has 1 aliphatic carbocycles. The number of esters is 2. The maximum atomic E-state index is 12.2. The predicted molar refractivity (Wildman–Crippen MR) is 118 cm³/mol. The van der Waals surface area contributed by atoms with E-state index in [1.54, 1.807) is 25.1 Å².